The summed E-state index contributed by atoms with van der Waals surface area (Å²) in [5.41, 5.74) is 5.69. The molecule has 1 rings (SSSR count). The molecule has 14 heavy (non-hydrogen) atoms. The zero-order chi connectivity index (χ0) is 10.6. The largest absolute Gasteiger partial charge is 0.382 e. The minimum atomic E-state index is -0.126. The summed E-state index contributed by atoms with van der Waals surface area (Å²) in [6.45, 7) is 2.73. The molecule has 0 spiro atoms. The highest BCUT2D eigenvalue weighted by Gasteiger charge is 2.12. The fraction of sp³-hybridized carbons (Fsp3) is 0.444. The Morgan fingerprint density at radius 1 is 1.50 bits per heavy atom. The van der Waals surface area contributed by atoms with Gasteiger partial charge in [-0.3, -0.25) is 4.79 Å². The molecule has 1 heterocycles. The van der Waals surface area contributed by atoms with Crippen LogP contribution in [0.1, 0.15) is 23.8 Å². The Balaban J connectivity index is 2.74. The van der Waals surface area contributed by atoms with E-state index in [1.54, 1.807) is 24.1 Å². The number of hydrogen-bond acceptors (Lipinski definition) is 4. The van der Waals surface area contributed by atoms with Gasteiger partial charge in [-0.05, 0) is 18.6 Å². The smallest absolute Gasteiger partial charge is 0.274 e. The highest BCUT2D eigenvalue weighted by atomic mass is 16.2. The van der Waals surface area contributed by atoms with Crippen molar-refractivity contribution >= 4 is 11.7 Å². The molecule has 1 aromatic heterocycles. The second-order valence-electron chi connectivity index (χ2n) is 3.07. The second-order valence-corrected chi connectivity index (χ2v) is 3.07. The maximum absolute atomic E-state index is 11.6. The first-order chi connectivity index (χ1) is 6.65. The number of hydrogen-bond donors (Lipinski definition) is 1. The van der Waals surface area contributed by atoms with Crippen molar-refractivity contribution in [1.82, 2.24) is 15.1 Å². The fourth-order valence-corrected chi connectivity index (χ4v) is 1.09. The molecular formula is C9H14N4O. The number of carbonyl (C=O) groups excluding carboxylic acids is 1. The van der Waals surface area contributed by atoms with E-state index >= 15 is 0 Å². The maximum atomic E-state index is 11.6. The third-order valence-electron chi connectivity index (χ3n) is 1.81. The maximum Gasteiger partial charge on any atom is 0.274 e. The SMILES string of the molecule is CCCN(C)C(=O)c1ccc(N)nn1. The van der Waals surface area contributed by atoms with Crippen molar-refractivity contribution in [3.63, 3.8) is 0 Å². The molecule has 76 valence electrons. The third kappa shape index (κ3) is 2.42. The molecular weight excluding hydrogens is 180 g/mol. The van der Waals surface area contributed by atoms with Crippen molar-refractivity contribution < 1.29 is 4.79 Å². The minimum Gasteiger partial charge on any atom is -0.382 e. The molecule has 0 fully saturated rings. The van der Waals surface area contributed by atoms with E-state index in [-0.39, 0.29) is 5.91 Å². The van der Waals surface area contributed by atoms with Gasteiger partial charge in [0.05, 0.1) is 0 Å². The summed E-state index contributed by atoms with van der Waals surface area (Å²) in [5.74, 6) is 0.194. The average Bonchev–Trinajstić information content (AvgIpc) is 2.18. The van der Waals surface area contributed by atoms with Gasteiger partial charge in [0.15, 0.2) is 5.69 Å². The quantitative estimate of drug-likeness (QED) is 0.762. The summed E-state index contributed by atoms with van der Waals surface area (Å²) in [5, 5.41) is 7.34. The van der Waals surface area contributed by atoms with Crippen LogP contribution in [-0.2, 0) is 0 Å². The van der Waals surface area contributed by atoms with Crippen LogP contribution in [0.25, 0.3) is 0 Å². The van der Waals surface area contributed by atoms with Gasteiger partial charge in [-0.2, -0.15) is 0 Å². The van der Waals surface area contributed by atoms with Crippen LogP contribution in [0.5, 0.6) is 0 Å². The molecule has 5 nitrogen and oxygen atoms in total. The molecule has 0 radical (unpaired) electrons. The topological polar surface area (TPSA) is 72.1 Å². The van der Waals surface area contributed by atoms with Gasteiger partial charge in [-0.25, -0.2) is 0 Å². The molecule has 0 unspecified atom stereocenters. The Bertz CT molecular complexity index is 309. The first-order valence-electron chi connectivity index (χ1n) is 4.49. The van der Waals surface area contributed by atoms with E-state index in [4.69, 9.17) is 5.73 Å². The van der Waals surface area contributed by atoms with Gasteiger partial charge in [0.25, 0.3) is 5.91 Å². The number of nitrogens with two attached hydrogens (primary N) is 1. The van der Waals surface area contributed by atoms with Crippen LogP contribution < -0.4 is 5.73 Å². The predicted molar refractivity (Wildman–Crippen MR) is 53.7 cm³/mol. The normalized spacial score (nSPS) is 9.86. The molecule has 2 N–H and O–H groups in total. The van der Waals surface area contributed by atoms with Gasteiger partial charge in [-0.1, -0.05) is 6.92 Å². The van der Waals surface area contributed by atoms with Crippen molar-refractivity contribution in [2.45, 2.75) is 13.3 Å². The standard InChI is InChI=1S/C9H14N4O/c1-3-6-13(2)9(14)7-4-5-8(10)12-11-7/h4-5H,3,6H2,1-2H3,(H2,10,12). The summed E-state index contributed by atoms with van der Waals surface area (Å²) in [4.78, 5) is 13.2. The van der Waals surface area contributed by atoms with Crippen molar-refractivity contribution in [2.24, 2.45) is 0 Å². The Morgan fingerprint density at radius 3 is 2.71 bits per heavy atom. The number of nitrogens with zero attached hydrogens (tertiary/aromatic N) is 3. The highest BCUT2D eigenvalue weighted by Crippen LogP contribution is 2.01. The summed E-state index contributed by atoms with van der Waals surface area (Å²) < 4.78 is 0. The highest BCUT2D eigenvalue weighted by molar-refractivity contribution is 5.92. The molecule has 1 amide bonds. The van der Waals surface area contributed by atoms with Gasteiger partial charge in [0.2, 0.25) is 0 Å². The monoisotopic (exact) mass is 194 g/mol. The number of nitrogen functional groups attached to an aromatic ring is 1. The Kier molecular flexibility index (Phi) is 3.39. The summed E-state index contributed by atoms with van der Waals surface area (Å²) in [6.07, 6.45) is 0.921. The zero-order valence-corrected chi connectivity index (χ0v) is 8.40. The molecule has 0 aliphatic heterocycles. The Morgan fingerprint density at radius 2 is 2.21 bits per heavy atom. The van der Waals surface area contributed by atoms with E-state index in [2.05, 4.69) is 10.2 Å². The number of rotatable bonds is 3. The molecule has 0 saturated carbocycles. The van der Waals surface area contributed by atoms with E-state index in [9.17, 15) is 4.79 Å². The van der Waals surface area contributed by atoms with Crippen LogP contribution in [0.4, 0.5) is 5.82 Å². The lowest BCUT2D eigenvalue weighted by Gasteiger charge is -2.14. The van der Waals surface area contributed by atoms with Crippen LogP contribution in [0, 0.1) is 0 Å². The van der Waals surface area contributed by atoms with Gasteiger partial charge < -0.3 is 10.6 Å². The molecule has 5 heteroatoms. The van der Waals surface area contributed by atoms with Crippen molar-refractivity contribution in [3.05, 3.63) is 17.8 Å². The fourth-order valence-electron chi connectivity index (χ4n) is 1.09. The number of carbonyl (C=O) groups is 1. The van der Waals surface area contributed by atoms with Gasteiger partial charge in [0.1, 0.15) is 5.82 Å². The van der Waals surface area contributed by atoms with Gasteiger partial charge >= 0.3 is 0 Å². The Labute approximate surface area is 82.9 Å². The molecule has 0 bridgehead atoms. The lowest BCUT2D eigenvalue weighted by Crippen LogP contribution is -2.28. The van der Waals surface area contributed by atoms with E-state index in [0.717, 1.165) is 6.42 Å². The molecule has 0 aliphatic rings. The zero-order valence-electron chi connectivity index (χ0n) is 8.40. The van der Waals surface area contributed by atoms with Gasteiger partial charge in [0, 0.05) is 13.6 Å². The summed E-state index contributed by atoms with van der Waals surface area (Å²) in [7, 11) is 1.74. The molecule has 1 aromatic rings. The Hall–Kier alpha value is -1.65. The molecule has 0 aromatic carbocycles. The second kappa shape index (κ2) is 4.55. The van der Waals surface area contributed by atoms with Crippen LogP contribution in [-0.4, -0.2) is 34.6 Å². The van der Waals surface area contributed by atoms with E-state index in [1.165, 1.54) is 0 Å². The summed E-state index contributed by atoms with van der Waals surface area (Å²) >= 11 is 0. The predicted octanol–water partition coefficient (Wildman–Crippen LogP) is 0.541. The van der Waals surface area contributed by atoms with Crippen molar-refractivity contribution in [2.75, 3.05) is 19.3 Å². The van der Waals surface area contributed by atoms with Crippen LogP contribution in [0.15, 0.2) is 12.1 Å². The molecule has 0 atom stereocenters. The minimum absolute atomic E-state index is 0.126. The van der Waals surface area contributed by atoms with Crippen LogP contribution >= 0.6 is 0 Å². The third-order valence-corrected chi connectivity index (χ3v) is 1.81. The van der Waals surface area contributed by atoms with Gasteiger partial charge in [-0.15, -0.1) is 10.2 Å². The molecule has 0 aliphatic carbocycles. The lowest BCUT2D eigenvalue weighted by atomic mass is 10.3. The van der Waals surface area contributed by atoms with Crippen LogP contribution in [0.2, 0.25) is 0 Å². The van der Waals surface area contributed by atoms with E-state index in [0.29, 0.717) is 18.1 Å². The van der Waals surface area contributed by atoms with Crippen molar-refractivity contribution in [1.29, 1.82) is 0 Å². The van der Waals surface area contributed by atoms with E-state index < -0.39 is 0 Å². The first-order valence-corrected chi connectivity index (χ1v) is 4.49. The first kappa shape index (κ1) is 10.4. The summed E-state index contributed by atoms with van der Waals surface area (Å²) in [6, 6.07) is 3.15. The number of anilines is 1. The number of aromatic nitrogens is 2. The van der Waals surface area contributed by atoms with Crippen LogP contribution in [0.3, 0.4) is 0 Å². The lowest BCUT2D eigenvalue weighted by molar-refractivity contribution is 0.0788. The average molecular weight is 194 g/mol. The van der Waals surface area contributed by atoms with E-state index in [1.807, 2.05) is 6.92 Å². The molecule has 0 saturated heterocycles. The number of amides is 1. The van der Waals surface area contributed by atoms with Crippen molar-refractivity contribution in [3.8, 4) is 0 Å².